The molecule has 2 aromatic carbocycles. The first-order chi connectivity index (χ1) is 12.6. The molecule has 1 heterocycles. The molecule has 3 aromatic rings. The number of carbonyl (C=O) groups is 1. The summed E-state index contributed by atoms with van der Waals surface area (Å²) in [7, 11) is 0. The van der Waals surface area contributed by atoms with Crippen molar-refractivity contribution in [3.8, 4) is 17.1 Å². The van der Waals surface area contributed by atoms with E-state index in [1.807, 2.05) is 37.3 Å². The maximum atomic E-state index is 14.4. The van der Waals surface area contributed by atoms with Crippen molar-refractivity contribution in [2.45, 2.75) is 12.1 Å². The molecule has 5 nitrogen and oxygen atoms in total. The van der Waals surface area contributed by atoms with Crippen LogP contribution in [-0.2, 0) is 4.79 Å². The van der Waals surface area contributed by atoms with Gasteiger partial charge < -0.3 is 5.32 Å². The molecule has 0 aliphatic heterocycles. The van der Waals surface area contributed by atoms with Crippen LogP contribution < -0.4 is 5.32 Å². The van der Waals surface area contributed by atoms with Crippen LogP contribution >= 0.6 is 11.8 Å². The van der Waals surface area contributed by atoms with E-state index in [0.717, 1.165) is 23.4 Å². The third kappa shape index (κ3) is 3.91. The number of nitrogens with zero attached hydrogens (tertiary/aromatic N) is 3. The van der Waals surface area contributed by atoms with Crippen LogP contribution in [0.3, 0.4) is 0 Å². The molecule has 0 radical (unpaired) electrons. The molecule has 26 heavy (non-hydrogen) atoms. The molecule has 0 bridgehead atoms. The molecule has 0 saturated heterocycles. The Labute approximate surface area is 153 Å². The lowest BCUT2D eigenvalue weighted by Crippen LogP contribution is -2.24. The van der Waals surface area contributed by atoms with Gasteiger partial charge in [0.05, 0.1) is 11.4 Å². The maximum absolute atomic E-state index is 14.4. The fourth-order valence-electron chi connectivity index (χ4n) is 2.40. The number of hydrogen-bond donors (Lipinski definition) is 1. The van der Waals surface area contributed by atoms with Crippen molar-refractivity contribution in [1.29, 1.82) is 0 Å². The van der Waals surface area contributed by atoms with Gasteiger partial charge in [0, 0.05) is 18.2 Å². The summed E-state index contributed by atoms with van der Waals surface area (Å²) < 4.78 is 29.2. The first-order valence-corrected chi connectivity index (χ1v) is 8.94. The molecule has 0 fully saturated rings. The maximum Gasteiger partial charge on any atom is 0.230 e. The van der Waals surface area contributed by atoms with Gasteiger partial charge >= 0.3 is 0 Å². The van der Waals surface area contributed by atoms with Crippen molar-refractivity contribution in [2.24, 2.45) is 0 Å². The van der Waals surface area contributed by atoms with Crippen LogP contribution in [-0.4, -0.2) is 33.0 Å². The van der Waals surface area contributed by atoms with Gasteiger partial charge in [-0.1, -0.05) is 42.1 Å². The lowest BCUT2D eigenvalue weighted by Gasteiger charge is -2.11. The second kappa shape index (κ2) is 8.09. The van der Waals surface area contributed by atoms with Crippen molar-refractivity contribution in [3.63, 3.8) is 0 Å². The Morgan fingerprint density at radius 3 is 2.62 bits per heavy atom. The average Bonchev–Trinajstić information content (AvgIpc) is 3.05. The summed E-state index contributed by atoms with van der Waals surface area (Å²) in [6.45, 7) is 2.35. The van der Waals surface area contributed by atoms with Crippen LogP contribution in [0.25, 0.3) is 17.1 Å². The van der Waals surface area contributed by atoms with E-state index >= 15 is 0 Å². The Morgan fingerprint density at radius 1 is 1.15 bits per heavy atom. The van der Waals surface area contributed by atoms with E-state index in [9.17, 15) is 13.6 Å². The zero-order valence-electron chi connectivity index (χ0n) is 13.9. The van der Waals surface area contributed by atoms with Gasteiger partial charge in [0.25, 0.3) is 0 Å². The van der Waals surface area contributed by atoms with Gasteiger partial charge in [0.2, 0.25) is 5.91 Å². The van der Waals surface area contributed by atoms with E-state index in [0.29, 0.717) is 17.5 Å². The molecule has 134 valence electrons. The van der Waals surface area contributed by atoms with Gasteiger partial charge in [-0.3, -0.25) is 9.36 Å². The highest BCUT2D eigenvalue weighted by molar-refractivity contribution is 7.99. The minimum absolute atomic E-state index is 0.115. The van der Waals surface area contributed by atoms with Crippen LogP contribution in [0, 0.1) is 11.6 Å². The predicted molar refractivity (Wildman–Crippen MR) is 96.1 cm³/mol. The molecule has 0 aliphatic carbocycles. The molecule has 3 rings (SSSR count). The number of thioether (sulfide) groups is 1. The lowest BCUT2D eigenvalue weighted by molar-refractivity contribution is -0.118. The Balaban J connectivity index is 2.05. The molecule has 0 unspecified atom stereocenters. The summed E-state index contributed by atoms with van der Waals surface area (Å²) in [5.41, 5.74) is 0.849. The van der Waals surface area contributed by atoms with E-state index in [1.165, 1.54) is 16.7 Å². The van der Waals surface area contributed by atoms with E-state index < -0.39 is 11.6 Å². The Kier molecular flexibility index (Phi) is 5.62. The molecule has 8 heteroatoms. The van der Waals surface area contributed by atoms with Gasteiger partial charge in [-0.25, -0.2) is 8.78 Å². The van der Waals surface area contributed by atoms with Crippen LogP contribution in [0.15, 0.2) is 53.7 Å². The summed E-state index contributed by atoms with van der Waals surface area (Å²) in [4.78, 5) is 11.7. The average molecular weight is 374 g/mol. The Bertz CT molecular complexity index is 915. The normalized spacial score (nSPS) is 10.7. The van der Waals surface area contributed by atoms with Crippen LogP contribution in [0.5, 0.6) is 0 Å². The highest BCUT2D eigenvalue weighted by atomic mass is 32.2. The fourth-order valence-corrected chi connectivity index (χ4v) is 3.17. The van der Waals surface area contributed by atoms with E-state index in [-0.39, 0.29) is 17.3 Å². The fraction of sp³-hybridized carbons (Fsp3) is 0.167. The van der Waals surface area contributed by atoms with Crippen molar-refractivity contribution >= 4 is 17.7 Å². The molecular formula is C18H16F2N4OS. The highest BCUT2D eigenvalue weighted by Crippen LogP contribution is 2.29. The third-order valence-corrected chi connectivity index (χ3v) is 4.45. The topological polar surface area (TPSA) is 59.8 Å². The van der Waals surface area contributed by atoms with Gasteiger partial charge in [-0.05, 0) is 19.1 Å². The second-order valence-electron chi connectivity index (χ2n) is 5.35. The zero-order chi connectivity index (χ0) is 18.5. The van der Waals surface area contributed by atoms with Crippen LogP contribution in [0.1, 0.15) is 6.92 Å². The molecule has 0 saturated carbocycles. The van der Waals surface area contributed by atoms with Crippen LogP contribution in [0.2, 0.25) is 0 Å². The lowest BCUT2D eigenvalue weighted by atomic mass is 10.2. The summed E-state index contributed by atoms with van der Waals surface area (Å²) >= 11 is 1.14. The zero-order valence-corrected chi connectivity index (χ0v) is 14.8. The number of halogens is 2. The first kappa shape index (κ1) is 18.1. The minimum Gasteiger partial charge on any atom is -0.356 e. The minimum atomic E-state index is -0.734. The van der Waals surface area contributed by atoms with Gasteiger partial charge in [-0.2, -0.15) is 0 Å². The first-order valence-electron chi connectivity index (χ1n) is 7.96. The number of amides is 1. The number of aromatic nitrogens is 3. The predicted octanol–water partition coefficient (Wildman–Crippen LogP) is 3.44. The summed E-state index contributed by atoms with van der Waals surface area (Å²) in [6.07, 6.45) is 0. The molecule has 0 atom stereocenters. The molecule has 1 amide bonds. The van der Waals surface area contributed by atoms with Gasteiger partial charge in [0.15, 0.2) is 11.0 Å². The molecule has 1 N–H and O–H groups in total. The SMILES string of the molecule is CCNC(=O)CSc1nnc(-c2ccccc2)n1-c1ccc(F)cc1F. The van der Waals surface area contributed by atoms with E-state index in [2.05, 4.69) is 15.5 Å². The smallest absolute Gasteiger partial charge is 0.230 e. The van der Waals surface area contributed by atoms with Crippen molar-refractivity contribution in [3.05, 3.63) is 60.2 Å². The highest BCUT2D eigenvalue weighted by Gasteiger charge is 2.19. The van der Waals surface area contributed by atoms with Crippen LogP contribution in [0.4, 0.5) is 8.78 Å². The Hall–Kier alpha value is -2.74. The molecule has 1 aromatic heterocycles. The van der Waals surface area contributed by atoms with Gasteiger partial charge in [0.1, 0.15) is 11.6 Å². The second-order valence-corrected chi connectivity index (χ2v) is 6.29. The number of hydrogen-bond acceptors (Lipinski definition) is 4. The standard InChI is InChI=1S/C18H16F2N4OS/c1-2-21-16(25)11-26-18-23-22-17(12-6-4-3-5-7-12)24(18)15-9-8-13(19)10-14(15)20/h3-10H,2,11H2,1H3,(H,21,25). The number of nitrogens with one attached hydrogen (secondary N) is 1. The van der Waals surface area contributed by atoms with Crippen molar-refractivity contribution < 1.29 is 13.6 Å². The third-order valence-electron chi connectivity index (χ3n) is 3.52. The molecule has 0 spiro atoms. The number of benzene rings is 2. The summed E-state index contributed by atoms with van der Waals surface area (Å²) in [6, 6.07) is 12.5. The van der Waals surface area contributed by atoms with Gasteiger partial charge in [-0.15, -0.1) is 10.2 Å². The largest absolute Gasteiger partial charge is 0.356 e. The number of rotatable bonds is 6. The van der Waals surface area contributed by atoms with Crippen molar-refractivity contribution in [1.82, 2.24) is 20.1 Å². The quantitative estimate of drug-likeness (QED) is 0.672. The monoisotopic (exact) mass is 374 g/mol. The summed E-state index contributed by atoms with van der Waals surface area (Å²) in [5, 5.41) is 11.3. The molecular weight excluding hydrogens is 358 g/mol. The summed E-state index contributed by atoms with van der Waals surface area (Å²) in [5.74, 6) is -1.04. The Morgan fingerprint density at radius 2 is 1.92 bits per heavy atom. The van der Waals surface area contributed by atoms with E-state index in [4.69, 9.17) is 0 Å². The number of carbonyl (C=O) groups excluding carboxylic acids is 1. The van der Waals surface area contributed by atoms with Crippen molar-refractivity contribution in [2.75, 3.05) is 12.3 Å². The molecule has 0 aliphatic rings. The van der Waals surface area contributed by atoms with E-state index in [1.54, 1.807) is 0 Å².